The summed E-state index contributed by atoms with van der Waals surface area (Å²) in [5, 5.41) is 12.1. The molecule has 0 aromatic carbocycles. The van der Waals surface area contributed by atoms with E-state index < -0.39 is 12.0 Å². The molecule has 0 saturated carbocycles. The van der Waals surface area contributed by atoms with Crippen molar-refractivity contribution >= 4 is 11.9 Å². The molecule has 0 aliphatic carbocycles. The molecule has 2 unspecified atom stereocenters. The number of hydrogen-bond donors (Lipinski definition) is 2. The predicted octanol–water partition coefficient (Wildman–Crippen LogP) is 2.75. The number of carbonyl (C=O) groups excluding carboxylic acids is 1. The van der Waals surface area contributed by atoms with E-state index in [9.17, 15) is 14.7 Å². The Labute approximate surface area is 135 Å². The molecule has 2 N–H and O–H groups in total. The molecule has 0 spiro atoms. The topological polar surface area (TPSA) is 69.6 Å². The standard InChI is InChI=1S/C17H34N2O3/c1-7-9-19(10-8-2)15(13(5)6)16(20)18-14(17(21)22)11-12(3)4/h12-15H,7-11H2,1-6H3,(H,18,20)(H,21,22). The van der Waals surface area contributed by atoms with Crippen molar-refractivity contribution in [2.24, 2.45) is 11.8 Å². The van der Waals surface area contributed by atoms with Crippen molar-refractivity contribution in [1.82, 2.24) is 10.2 Å². The van der Waals surface area contributed by atoms with Crippen LogP contribution in [0.1, 0.15) is 60.8 Å². The van der Waals surface area contributed by atoms with Gasteiger partial charge in [-0.15, -0.1) is 0 Å². The zero-order valence-corrected chi connectivity index (χ0v) is 15.1. The van der Waals surface area contributed by atoms with Crippen molar-refractivity contribution in [3.8, 4) is 0 Å². The van der Waals surface area contributed by atoms with Gasteiger partial charge in [-0.3, -0.25) is 9.69 Å². The minimum atomic E-state index is -0.956. The molecule has 130 valence electrons. The Morgan fingerprint density at radius 2 is 1.55 bits per heavy atom. The molecule has 0 aliphatic rings. The van der Waals surface area contributed by atoms with Gasteiger partial charge < -0.3 is 10.4 Å². The van der Waals surface area contributed by atoms with E-state index in [-0.39, 0.29) is 23.8 Å². The van der Waals surface area contributed by atoms with Gasteiger partial charge in [0.1, 0.15) is 6.04 Å². The molecule has 0 aliphatic heterocycles. The molecule has 5 nitrogen and oxygen atoms in total. The van der Waals surface area contributed by atoms with Gasteiger partial charge in [0.2, 0.25) is 5.91 Å². The second kappa shape index (κ2) is 10.6. The van der Waals surface area contributed by atoms with Gasteiger partial charge >= 0.3 is 5.97 Å². The summed E-state index contributed by atoms with van der Waals surface area (Å²) in [7, 11) is 0. The molecule has 0 rings (SSSR count). The van der Waals surface area contributed by atoms with Crippen LogP contribution in [0.5, 0.6) is 0 Å². The van der Waals surface area contributed by atoms with Gasteiger partial charge in [0.15, 0.2) is 0 Å². The van der Waals surface area contributed by atoms with Crippen LogP contribution < -0.4 is 5.32 Å². The Balaban J connectivity index is 5.06. The van der Waals surface area contributed by atoms with Crippen molar-refractivity contribution in [2.45, 2.75) is 72.9 Å². The predicted molar refractivity (Wildman–Crippen MR) is 89.8 cm³/mol. The highest BCUT2D eigenvalue weighted by molar-refractivity contribution is 5.87. The second-order valence-corrected chi connectivity index (χ2v) is 6.75. The Kier molecular flexibility index (Phi) is 10.1. The summed E-state index contributed by atoms with van der Waals surface area (Å²) in [6, 6.07) is -1.08. The van der Waals surface area contributed by atoms with E-state index in [2.05, 4.69) is 24.1 Å². The van der Waals surface area contributed by atoms with Crippen molar-refractivity contribution in [2.75, 3.05) is 13.1 Å². The molecule has 5 heteroatoms. The van der Waals surface area contributed by atoms with E-state index in [0.717, 1.165) is 25.9 Å². The van der Waals surface area contributed by atoms with E-state index in [1.165, 1.54) is 0 Å². The van der Waals surface area contributed by atoms with E-state index in [1.807, 2.05) is 27.7 Å². The van der Waals surface area contributed by atoms with Crippen molar-refractivity contribution in [1.29, 1.82) is 0 Å². The lowest BCUT2D eigenvalue weighted by atomic mass is 9.98. The molecule has 0 radical (unpaired) electrons. The van der Waals surface area contributed by atoms with E-state index >= 15 is 0 Å². The Bertz CT molecular complexity index is 337. The third-order valence-electron chi connectivity index (χ3n) is 3.64. The highest BCUT2D eigenvalue weighted by atomic mass is 16.4. The maximum atomic E-state index is 12.7. The fourth-order valence-electron chi connectivity index (χ4n) is 2.80. The zero-order valence-electron chi connectivity index (χ0n) is 15.1. The first kappa shape index (κ1) is 20.9. The summed E-state index contributed by atoms with van der Waals surface area (Å²) in [5.41, 5.74) is 0. The molecule has 1 amide bonds. The number of hydrogen-bond acceptors (Lipinski definition) is 3. The molecule has 0 aromatic heterocycles. The normalized spacial score (nSPS) is 14.4. The summed E-state index contributed by atoms with van der Waals surface area (Å²) in [6.45, 7) is 13.8. The highest BCUT2D eigenvalue weighted by Gasteiger charge is 2.31. The molecule has 0 aromatic rings. The maximum absolute atomic E-state index is 12.7. The third kappa shape index (κ3) is 7.25. The summed E-state index contributed by atoms with van der Waals surface area (Å²) >= 11 is 0. The van der Waals surface area contributed by atoms with Crippen LogP contribution >= 0.6 is 0 Å². The van der Waals surface area contributed by atoms with Crippen LogP contribution in [0.2, 0.25) is 0 Å². The number of nitrogens with one attached hydrogen (secondary N) is 1. The Hall–Kier alpha value is -1.10. The Morgan fingerprint density at radius 1 is 1.05 bits per heavy atom. The van der Waals surface area contributed by atoms with Crippen LogP contribution in [0.15, 0.2) is 0 Å². The number of carboxylic acids is 1. The van der Waals surface area contributed by atoms with Gasteiger partial charge in [0, 0.05) is 0 Å². The average Bonchev–Trinajstić information content (AvgIpc) is 2.37. The van der Waals surface area contributed by atoms with Gasteiger partial charge in [-0.1, -0.05) is 41.5 Å². The quantitative estimate of drug-likeness (QED) is 0.615. The number of carboxylic acid groups (broad SMARTS) is 1. The first-order valence-electron chi connectivity index (χ1n) is 8.51. The van der Waals surface area contributed by atoms with Gasteiger partial charge in [-0.2, -0.15) is 0 Å². The van der Waals surface area contributed by atoms with Crippen LogP contribution in [0, 0.1) is 11.8 Å². The van der Waals surface area contributed by atoms with Crippen LogP contribution in [-0.4, -0.2) is 47.1 Å². The number of rotatable bonds is 11. The largest absolute Gasteiger partial charge is 0.480 e. The number of aliphatic carboxylic acids is 1. The lowest BCUT2D eigenvalue weighted by Crippen LogP contribution is -2.54. The molecular weight excluding hydrogens is 280 g/mol. The maximum Gasteiger partial charge on any atom is 0.326 e. The van der Waals surface area contributed by atoms with Gasteiger partial charge in [0.05, 0.1) is 6.04 Å². The summed E-state index contributed by atoms with van der Waals surface area (Å²) in [6.07, 6.45) is 2.41. The Morgan fingerprint density at radius 3 is 1.86 bits per heavy atom. The zero-order chi connectivity index (χ0) is 17.3. The lowest BCUT2D eigenvalue weighted by molar-refractivity contribution is -0.143. The highest BCUT2D eigenvalue weighted by Crippen LogP contribution is 2.14. The minimum Gasteiger partial charge on any atom is -0.480 e. The van der Waals surface area contributed by atoms with E-state index in [4.69, 9.17) is 0 Å². The molecule has 2 atom stereocenters. The second-order valence-electron chi connectivity index (χ2n) is 6.75. The molecule has 0 heterocycles. The van der Waals surface area contributed by atoms with Crippen LogP contribution in [0.3, 0.4) is 0 Å². The molecule has 22 heavy (non-hydrogen) atoms. The van der Waals surface area contributed by atoms with E-state index in [0.29, 0.717) is 6.42 Å². The monoisotopic (exact) mass is 314 g/mol. The van der Waals surface area contributed by atoms with Crippen molar-refractivity contribution in [3.63, 3.8) is 0 Å². The number of carbonyl (C=O) groups is 2. The summed E-state index contributed by atoms with van der Waals surface area (Å²) in [5.74, 6) is -0.750. The number of nitrogens with zero attached hydrogens (tertiary/aromatic N) is 1. The van der Waals surface area contributed by atoms with Gasteiger partial charge in [-0.05, 0) is 44.2 Å². The van der Waals surface area contributed by atoms with Crippen LogP contribution in [-0.2, 0) is 9.59 Å². The van der Waals surface area contributed by atoms with Gasteiger partial charge in [0.25, 0.3) is 0 Å². The smallest absolute Gasteiger partial charge is 0.326 e. The summed E-state index contributed by atoms with van der Waals surface area (Å²) < 4.78 is 0. The van der Waals surface area contributed by atoms with Crippen molar-refractivity contribution < 1.29 is 14.7 Å². The fraction of sp³-hybridized carbons (Fsp3) is 0.882. The summed E-state index contributed by atoms with van der Waals surface area (Å²) in [4.78, 5) is 26.2. The average molecular weight is 314 g/mol. The third-order valence-corrected chi connectivity index (χ3v) is 3.64. The van der Waals surface area contributed by atoms with Crippen molar-refractivity contribution in [3.05, 3.63) is 0 Å². The molecule has 0 bridgehead atoms. The minimum absolute atomic E-state index is 0.145. The lowest BCUT2D eigenvalue weighted by Gasteiger charge is -2.34. The fourth-order valence-corrected chi connectivity index (χ4v) is 2.80. The molecule has 0 fully saturated rings. The SMILES string of the molecule is CCCN(CCC)C(C(=O)NC(CC(C)C)C(=O)O)C(C)C. The molecule has 0 saturated heterocycles. The van der Waals surface area contributed by atoms with Gasteiger partial charge in [-0.25, -0.2) is 4.79 Å². The van der Waals surface area contributed by atoms with Crippen LogP contribution in [0.25, 0.3) is 0 Å². The van der Waals surface area contributed by atoms with Crippen LogP contribution in [0.4, 0.5) is 0 Å². The molecular formula is C17H34N2O3. The van der Waals surface area contributed by atoms with E-state index in [1.54, 1.807) is 0 Å². The number of amides is 1. The first-order valence-corrected chi connectivity index (χ1v) is 8.51. The first-order chi connectivity index (χ1) is 10.2.